The van der Waals surface area contributed by atoms with Gasteiger partial charge >= 0.3 is 0 Å². The molecular formula is C17H14N4O. The van der Waals surface area contributed by atoms with Crippen LogP contribution < -0.4 is 5.43 Å². The molecule has 5 nitrogen and oxygen atoms in total. The van der Waals surface area contributed by atoms with E-state index in [1.165, 1.54) is 0 Å². The zero-order valence-corrected chi connectivity index (χ0v) is 11.8. The number of nitrogens with one attached hydrogen (secondary N) is 1. The molecule has 0 radical (unpaired) electrons. The Labute approximate surface area is 128 Å². The van der Waals surface area contributed by atoms with Crippen LogP contribution in [0, 0.1) is 0 Å². The Bertz CT molecular complexity index is 728. The lowest BCUT2D eigenvalue weighted by molar-refractivity contribution is -0.129. The molecule has 5 heteroatoms. The van der Waals surface area contributed by atoms with Crippen LogP contribution >= 0.6 is 0 Å². The van der Waals surface area contributed by atoms with E-state index in [4.69, 9.17) is 4.99 Å². The quantitative estimate of drug-likeness (QED) is 0.915. The minimum absolute atomic E-state index is 0.0569. The van der Waals surface area contributed by atoms with Crippen molar-refractivity contribution in [3.8, 4) is 0 Å². The maximum Gasteiger partial charge on any atom is 0.267 e. The fourth-order valence-electron chi connectivity index (χ4n) is 2.94. The molecule has 0 saturated heterocycles. The van der Waals surface area contributed by atoms with Gasteiger partial charge in [0.25, 0.3) is 5.91 Å². The topological polar surface area (TPSA) is 57.1 Å². The Kier molecular flexibility index (Phi) is 2.79. The first-order valence-corrected chi connectivity index (χ1v) is 7.13. The first kappa shape index (κ1) is 12.8. The predicted octanol–water partition coefficient (Wildman–Crippen LogP) is 1.72. The zero-order valence-electron chi connectivity index (χ0n) is 11.8. The van der Waals surface area contributed by atoms with Crippen molar-refractivity contribution in [1.29, 1.82) is 0 Å². The van der Waals surface area contributed by atoms with E-state index in [2.05, 4.69) is 10.5 Å². The third kappa shape index (κ3) is 1.69. The fourth-order valence-corrected chi connectivity index (χ4v) is 2.94. The second-order valence-electron chi connectivity index (χ2n) is 5.22. The molecule has 108 valence electrons. The van der Waals surface area contributed by atoms with Crippen molar-refractivity contribution in [1.82, 2.24) is 10.3 Å². The molecule has 0 bridgehead atoms. The molecule has 0 saturated carbocycles. The van der Waals surface area contributed by atoms with Gasteiger partial charge in [0, 0.05) is 6.21 Å². The van der Waals surface area contributed by atoms with Crippen LogP contribution in [0.25, 0.3) is 0 Å². The standard InChI is InChI=1S/C17H14N4O/c22-15-17(13-7-3-1-4-8-13,14-9-5-2-6-10-14)19-16-20-18-11-12-21(15)16/h1-11H,12H2,(H,19,20). The fraction of sp³-hybridized carbons (Fsp3) is 0.118. The van der Waals surface area contributed by atoms with Crippen LogP contribution in [0.15, 0.2) is 70.8 Å². The summed E-state index contributed by atoms with van der Waals surface area (Å²) in [5.74, 6) is 0.443. The van der Waals surface area contributed by atoms with Gasteiger partial charge in [-0.2, -0.15) is 5.10 Å². The highest BCUT2D eigenvalue weighted by atomic mass is 16.2. The molecule has 22 heavy (non-hydrogen) atoms. The lowest BCUT2D eigenvalue weighted by atomic mass is 9.83. The lowest BCUT2D eigenvalue weighted by Gasteiger charge is -2.27. The number of hydrogen-bond acceptors (Lipinski definition) is 4. The monoisotopic (exact) mass is 290 g/mol. The molecule has 2 aliphatic rings. The Morgan fingerprint density at radius 2 is 1.55 bits per heavy atom. The van der Waals surface area contributed by atoms with Crippen LogP contribution in [0.2, 0.25) is 0 Å². The summed E-state index contributed by atoms with van der Waals surface area (Å²) in [6, 6.07) is 19.3. The van der Waals surface area contributed by atoms with Gasteiger partial charge in [-0.25, -0.2) is 10.4 Å². The molecule has 1 N–H and O–H groups in total. The smallest absolute Gasteiger partial charge is 0.267 e. The SMILES string of the molecule is O=C1N2CC=NNC2=NC1(c1ccccc1)c1ccccc1. The van der Waals surface area contributed by atoms with Crippen molar-refractivity contribution in [2.75, 3.05) is 6.54 Å². The number of hydrazone groups is 1. The minimum atomic E-state index is -1.04. The van der Waals surface area contributed by atoms with Gasteiger partial charge in [0.05, 0.1) is 6.54 Å². The third-order valence-corrected chi connectivity index (χ3v) is 3.99. The molecule has 2 aliphatic heterocycles. The molecule has 2 heterocycles. The molecule has 2 aromatic carbocycles. The third-order valence-electron chi connectivity index (χ3n) is 3.99. The van der Waals surface area contributed by atoms with Gasteiger partial charge < -0.3 is 0 Å². The van der Waals surface area contributed by atoms with Crippen LogP contribution in [-0.2, 0) is 10.3 Å². The largest absolute Gasteiger partial charge is 0.273 e. The summed E-state index contributed by atoms with van der Waals surface area (Å²) in [7, 11) is 0. The highest BCUT2D eigenvalue weighted by molar-refractivity contribution is 6.11. The lowest BCUT2D eigenvalue weighted by Crippen LogP contribution is -2.47. The average Bonchev–Trinajstić information content (AvgIpc) is 2.91. The molecule has 2 aromatic rings. The average molecular weight is 290 g/mol. The number of aliphatic imine (C=N–C) groups is 1. The Morgan fingerprint density at radius 3 is 2.09 bits per heavy atom. The predicted molar refractivity (Wildman–Crippen MR) is 84.4 cm³/mol. The minimum Gasteiger partial charge on any atom is -0.273 e. The van der Waals surface area contributed by atoms with Crippen molar-refractivity contribution >= 4 is 18.1 Å². The number of benzene rings is 2. The van der Waals surface area contributed by atoms with Gasteiger partial charge in [-0.15, -0.1) is 0 Å². The van der Waals surface area contributed by atoms with Crippen LogP contribution in [0.5, 0.6) is 0 Å². The number of guanidine groups is 1. The second kappa shape index (κ2) is 4.80. The number of carbonyl (C=O) groups excluding carboxylic acids is 1. The molecule has 0 unspecified atom stereocenters. The first-order valence-electron chi connectivity index (χ1n) is 7.13. The molecule has 4 rings (SSSR count). The molecule has 0 spiro atoms. The molecular weight excluding hydrogens is 276 g/mol. The Balaban J connectivity index is 1.96. The molecule has 0 atom stereocenters. The molecule has 0 aliphatic carbocycles. The van der Waals surface area contributed by atoms with E-state index in [9.17, 15) is 4.79 Å². The summed E-state index contributed by atoms with van der Waals surface area (Å²) in [6.07, 6.45) is 1.67. The van der Waals surface area contributed by atoms with Gasteiger partial charge in [0.1, 0.15) is 0 Å². The van der Waals surface area contributed by atoms with E-state index in [0.717, 1.165) is 11.1 Å². The van der Waals surface area contributed by atoms with Crippen molar-refractivity contribution in [2.24, 2.45) is 10.1 Å². The van der Waals surface area contributed by atoms with Gasteiger partial charge in [-0.1, -0.05) is 60.7 Å². The highest BCUT2D eigenvalue weighted by Crippen LogP contribution is 2.39. The van der Waals surface area contributed by atoms with E-state index in [-0.39, 0.29) is 5.91 Å². The number of fused-ring (bicyclic) bond motifs is 1. The van der Waals surface area contributed by atoms with Crippen LogP contribution in [0.4, 0.5) is 0 Å². The summed E-state index contributed by atoms with van der Waals surface area (Å²) in [5, 5.41) is 4.01. The maximum atomic E-state index is 13.2. The normalized spacial score (nSPS) is 18.6. The van der Waals surface area contributed by atoms with Gasteiger partial charge in [-0.05, 0) is 11.1 Å². The Morgan fingerprint density at radius 1 is 0.955 bits per heavy atom. The van der Waals surface area contributed by atoms with E-state index >= 15 is 0 Å². The number of amides is 1. The molecule has 0 aromatic heterocycles. The summed E-state index contributed by atoms with van der Waals surface area (Å²) in [5.41, 5.74) is 3.50. The zero-order chi connectivity index (χ0) is 15.0. The number of carbonyl (C=O) groups is 1. The van der Waals surface area contributed by atoms with Crippen molar-refractivity contribution in [2.45, 2.75) is 5.54 Å². The molecule has 0 fully saturated rings. The van der Waals surface area contributed by atoms with Crippen molar-refractivity contribution in [3.05, 3.63) is 71.8 Å². The number of rotatable bonds is 2. The summed E-state index contributed by atoms with van der Waals surface area (Å²) < 4.78 is 0. The Hall–Kier alpha value is -2.95. The van der Waals surface area contributed by atoms with Crippen LogP contribution in [-0.4, -0.2) is 29.5 Å². The van der Waals surface area contributed by atoms with Gasteiger partial charge in [0.2, 0.25) is 5.96 Å². The van der Waals surface area contributed by atoms with E-state index in [0.29, 0.717) is 12.5 Å². The van der Waals surface area contributed by atoms with Crippen molar-refractivity contribution in [3.63, 3.8) is 0 Å². The molecule has 1 amide bonds. The van der Waals surface area contributed by atoms with E-state index < -0.39 is 5.54 Å². The van der Waals surface area contributed by atoms with Gasteiger partial charge in [0.15, 0.2) is 5.54 Å². The summed E-state index contributed by atoms with van der Waals surface area (Å²) in [4.78, 5) is 19.5. The van der Waals surface area contributed by atoms with Crippen LogP contribution in [0.3, 0.4) is 0 Å². The van der Waals surface area contributed by atoms with Gasteiger partial charge in [-0.3, -0.25) is 9.69 Å². The first-order chi connectivity index (χ1) is 10.8. The van der Waals surface area contributed by atoms with E-state index in [1.54, 1.807) is 11.1 Å². The second-order valence-corrected chi connectivity index (χ2v) is 5.22. The maximum absolute atomic E-state index is 13.2. The summed E-state index contributed by atoms with van der Waals surface area (Å²) in [6.45, 7) is 0.437. The van der Waals surface area contributed by atoms with E-state index in [1.807, 2.05) is 60.7 Å². The highest BCUT2D eigenvalue weighted by Gasteiger charge is 2.51. The summed E-state index contributed by atoms with van der Waals surface area (Å²) >= 11 is 0. The van der Waals surface area contributed by atoms with Crippen molar-refractivity contribution < 1.29 is 4.79 Å². The number of nitrogens with zero attached hydrogens (tertiary/aromatic N) is 3. The van der Waals surface area contributed by atoms with Crippen LogP contribution in [0.1, 0.15) is 11.1 Å². The number of hydrogen-bond donors (Lipinski definition) is 1.